The summed E-state index contributed by atoms with van der Waals surface area (Å²) in [6.45, 7) is 0. The number of nitrogens with two attached hydrogens (primary N) is 1. The molecule has 2 fully saturated rings. The number of carbonyl (C=O) groups excluding carboxylic acids is 6. The molecular formula is C26H21NO9. The molecule has 0 heterocycles. The Labute approximate surface area is 203 Å². The minimum Gasteiger partial charge on any atom is -0.507 e. The second-order valence-electron chi connectivity index (χ2n) is 9.53. The number of phenolic OH excluding ortho intramolecular Hbond substituents is 1. The van der Waals surface area contributed by atoms with Crippen LogP contribution in [0.2, 0.25) is 0 Å². The lowest BCUT2D eigenvalue weighted by Crippen LogP contribution is -2.72. The highest BCUT2D eigenvalue weighted by Gasteiger charge is 2.69. The van der Waals surface area contributed by atoms with Gasteiger partial charge in [0.2, 0.25) is 5.91 Å². The summed E-state index contributed by atoms with van der Waals surface area (Å²) in [6, 6.07) is 9.28. The molecule has 3 aliphatic carbocycles. The van der Waals surface area contributed by atoms with Crippen molar-refractivity contribution in [2.24, 2.45) is 29.4 Å². The van der Waals surface area contributed by atoms with Crippen LogP contribution < -0.4 is 5.73 Å². The number of fused-ring (bicyclic) bond motifs is 3. The Morgan fingerprint density at radius 1 is 1.00 bits per heavy atom. The van der Waals surface area contributed by atoms with Gasteiger partial charge in [0, 0.05) is 23.8 Å². The average Bonchev–Trinajstić information content (AvgIpc) is 2.84. The molecule has 184 valence electrons. The van der Waals surface area contributed by atoms with E-state index in [-0.39, 0.29) is 12.0 Å². The topological polar surface area (TPSA) is 189 Å². The smallest absolute Gasteiger partial charge is 0.235 e. The fourth-order valence-corrected chi connectivity index (χ4v) is 6.00. The van der Waals surface area contributed by atoms with Crippen LogP contribution in [0, 0.1) is 23.7 Å². The summed E-state index contributed by atoms with van der Waals surface area (Å²) in [7, 11) is 0. The molecule has 2 unspecified atom stereocenters. The van der Waals surface area contributed by atoms with E-state index >= 15 is 0 Å². The van der Waals surface area contributed by atoms with Crippen LogP contribution in [0.5, 0.6) is 5.75 Å². The summed E-state index contributed by atoms with van der Waals surface area (Å²) >= 11 is 0. The molecule has 3 aliphatic rings. The van der Waals surface area contributed by atoms with Crippen LogP contribution >= 0.6 is 0 Å². The Bertz CT molecular complexity index is 1380. The summed E-state index contributed by atoms with van der Waals surface area (Å²) < 4.78 is 0. The molecule has 2 saturated carbocycles. The Kier molecular flexibility index (Phi) is 5.27. The van der Waals surface area contributed by atoms with Crippen LogP contribution in [0.4, 0.5) is 0 Å². The summed E-state index contributed by atoms with van der Waals surface area (Å²) in [5.74, 6) is -12.6. The molecule has 0 saturated heterocycles. The first-order valence-corrected chi connectivity index (χ1v) is 11.3. The van der Waals surface area contributed by atoms with Gasteiger partial charge in [0.25, 0.3) is 0 Å². The molecular weight excluding hydrogens is 470 g/mol. The molecule has 2 aromatic carbocycles. The first-order valence-electron chi connectivity index (χ1n) is 11.3. The first kappa shape index (κ1) is 23.7. The highest BCUT2D eigenvalue weighted by atomic mass is 16.3. The molecule has 36 heavy (non-hydrogen) atoms. The van der Waals surface area contributed by atoms with E-state index in [1.54, 1.807) is 30.3 Å². The van der Waals surface area contributed by atoms with E-state index in [4.69, 9.17) is 5.73 Å². The molecule has 0 aromatic heterocycles. The lowest BCUT2D eigenvalue weighted by Gasteiger charge is -2.51. The van der Waals surface area contributed by atoms with Gasteiger partial charge < -0.3 is 21.1 Å². The number of Topliss-reactive ketones (excluding diaryl/α,β-unsaturated/α-hetero) is 4. The minimum atomic E-state index is -2.95. The van der Waals surface area contributed by atoms with E-state index in [1.165, 1.54) is 6.07 Å². The zero-order valence-electron chi connectivity index (χ0n) is 18.7. The van der Waals surface area contributed by atoms with E-state index in [0.29, 0.717) is 28.5 Å². The normalized spacial score (nSPS) is 31.3. The van der Waals surface area contributed by atoms with E-state index in [0.717, 1.165) is 0 Å². The van der Waals surface area contributed by atoms with Crippen LogP contribution in [0.15, 0.2) is 36.4 Å². The fourth-order valence-electron chi connectivity index (χ4n) is 6.00. The standard InChI is InChI=1S/C26H21NO9/c27-25(35)20-17(30)8-15-21(31)14-7-13-12(11-3-1-10(9-28)2-4-11)5-6-16(29)18(13)22(32)19(14)23(33)26(15,36)24(20)34/h1-6,9,14-15,19-21,29,31,36H,7-8H2,(H2,27,35)/t14-,15-,19?,20?,21+,26+/m1/s1. The van der Waals surface area contributed by atoms with Crippen molar-refractivity contribution in [2.45, 2.75) is 24.5 Å². The fraction of sp³-hybridized carbons (Fsp3) is 0.308. The van der Waals surface area contributed by atoms with Crippen molar-refractivity contribution in [3.05, 3.63) is 53.1 Å². The lowest BCUT2D eigenvalue weighted by molar-refractivity contribution is -0.188. The molecule has 5 rings (SSSR count). The van der Waals surface area contributed by atoms with E-state index in [9.17, 15) is 44.1 Å². The zero-order valence-corrected chi connectivity index (χ0v) is 18.7. The molecule has 0 bridgehead atoms. The Balaban J connectivity index is 1.64. The van der Waals surface area contributed by atoms with E-state index in [2.05, 4.69) is 0 Å². The second kappa shape index (κ2) is 8.00. The van der Waals surface area contributed by atoms with Crippen molar-refractivity contribution in [3.8, 4) is 16.9 Å². The molecule has 10 heteroatoms. The van der Waals surface area contributed by atoms with Crippen LogP contribution in [-0.2, 0) is 25.6 Å². The second-order valence-corrected chi connectivity index (χ2v) is 9.53. The van der Waals surface area contributed by atoms with Crippen LogP contribution in [0.25, 0.3) is 11.1 Å². The third-order valence-electron chi connectivity index (χ3n) is 7.76. The number of aliphatic hydroxyl groups excluding tert-OH is 1. The number of ketones is 4. The third kappa shape index (κ3) is 3.04. The monoisotopic (exact) mass is 491 g/mol. The van der Waals surface area contributed by atoms with E-state index < -0.39 is 76.6 Å². The maximum Gasteiger partial charge on any atom is 0.235 e. The van der Waals surface area contributed by atoms with Gasteiger partial charge >= 0.3 is 0 Å². The predicted octanol–water partition coefficient (Wildman–Crippen LogP) is -0.223. The Hall–Kier alpha value is -4.02. The average molecular weight is 491 g/mol. The number of aromatic hydroxyl groups is 1. The highest BCUT2D eigenvalue weighted by Crippen LogP contribution is 2.51. The van der Waals surface area contributed by atoms with Gasteiger partial charge in [0.15, 0.2) is 34.7 Å². The number of benzene rings is 2. The molecule has 2 aromatic rings. The number of aliphatic hydroxyl groups is 2. The quantitative estimate of drug-likeness (QED) is 0.332. The molecule has 0 spiro atoms. The number of amides is 1. The molecule has 1 amide bonds. The van der Waals surface area contributed by atoms with Crippen LogP contribution in [-0.4, -0.2) is 62.4 Å². The van der Waals surface area contributed by atoms with Crippen molar-refractivity contribution < 1.29 is 44.1 Å². The van der Waals surface area contributed by atoms with Gasteiger partial charge in [-0.2, -0.15) is 0 Å². The lowest BCUT2D eigenvalue weighted by atomic mass is 9.52. The molecule has 5 N–H and O–H groups in total. The zero-order chi connectivity index (χ0) is 26.1. The largest absolute Gasteiger partial charge is 0.507 e. The van der Waals surface area contributed by atoms with E-state index in [1.807, 2.05) is 0 Å². The molecule has 10 nitrogen and oxygen atoms in total. The van der Waals surface area contributed by atoms with Gasteiger partial charge in [-0.1, -0.05) is 30.3 Å². The number of primary amides is 1. The van der Waals surface area contributed by atoms with Gasteiger partial charge in [0.1, 0.15) is 12.0 Å². The number of carbonyl (C=O) groups is 6. The van der Waals surface area contributed by atoms with Gasteiger partial charge in [-0.05, 0) is 29.2 Å². The summed E-state index contributed by atoms with van der Waals surface area (Å²) in [5, 5.41) is 33.0. The van der Waals surface area contributed by atoms with Gasteiger partial charge in [-0.3, -0.25) is 28.8 Å². The molecule has 0 aliphatic heterocycles. The maximum absolute atomic E-state index is 13.6. The number of rotatable bonds is 3. The van der Waals surface area contributed by atoms with Crippen molar-refractivity contribution in [1.29, 1.82) is 0 Å². The SMILES string of the molecule is NC(=O)C1C(=O)C[C@@H]2[C@@H](O)[C@@H]3Cc4c(-c5ccc(C=O)cc5)ccc(O)c4C(=O)C3C(=O)[C@]2(O)C1=O. The van der Waals surface area contributed by atoms with Crippen molar-refractivity contribution in [3.63, 3.8) is 0 Å². The highest BCUT2D eigenvalue weighted by molar-refractivity contribution is 6.31. The van der Waals surface area contributed by atoms with Gasteiger partial charge in [-0.25, -0.2) is 0 Å². The first-order chi connectivity index (χ1) is 17.0. The van der Waals surface area contributed by atoms with Crippen molar-refractivity contribution in [1.82, 2.24) is 0 Å². The number of phenols is 1. The van der Waals surface area contributed by atoms with Crippen LogP contribution in [0.1, 0.15) is 32.7 Å². The predicted molar refractivity (Wildman–Crippen MR) is 121 cm³/mol. The van der Waals surface area contributed by atoms with Crippen molar-refractivity contribution >= 4 is 35.3 Å². The summed E-state index contributed by atoms with van der Waals surface area (Å²) in [4.78, 5) is 75.3. The van der Waals surface area contributed by atoms with Gasteiger partial charge in [0.05, 0.1) is 17.6 Å². The van der Waals surface area contributed by atoms with Crippen LogP contribution in [0.3, 0.4) is 0 Å². The van der Waals surface area contributed by atoms with Gasteiger partial charge in [-0.15, -0.1) is 0 Å². The number of hydrogen-bond acceptors (Lipinski definition) is 9. The number of hydrogen-bond donors (Lipinski definition) is 4. The number of aldehydes is 1. The maximum atomic E-state index is 13.6. The minimum absolute atomic E-state index is 0.0774. The third-order valence-corrected chi connectivity index (χ3v) is 7.76. The Morgan fingerprint density at radius 2 is 1.67 bits per heavy atom. The molecule has 6 atom stereocenters. The summed E-state index contributed by atoms with van der Waals surface area (Å²) in [5.41, 5.74) is 3.95. The Morgan fingerprint density at radius 3 is 2.28 bits per heavy atom. The molecule has 0 radical (unpaired) electrons. The van der Waals surface area contributed by atoms with Crippen molar-refractivity contribution in [2.75, 3.05) is 0 Å². The summed E-state index contributed by atoms with van der Waals surface area (Å²) in [6.07, 6.45) is -1.67.